The largest absolute Gasteiger partial charge is 0.454 e. The van der Waals surface area contributed by atoms with Gasteiger partial charge in [-0.05, 0) is 12.8 Å². The van der Waals surface area contributed by atoms with Crippen LogP contribution in [0.15, 0.2) is 0 Å². The van der Waals surface area contributed by atoms with Gasteiger partial charge in [0, 0.05) is 13.1 Å². The zero-order valence-electron chi connectivity index (χ0n) is 9.44. The van der Waals surface area contributed by atoms with E-state index in [2.05, 4.69) is 19.7 Å². The van der Waals surface area contributed by atoms with Gasteiger partial charge in [0.15, 0.2) is 6.61 Å². The molecule has 0 radical (unpaired) electrons. The van der Waals surface area contributed by atoms with E-state index in [4.69, 9.17) is 5.73 Å². The van der Waals surface area contributed by atoms with Crippen molar-refractivity contribution in [1.82, 2.24) is 15.0 Å². The molecule has 0 aliphatic carbocycles. The van der Waals surface area contributed by atoms with Crippen molar-refractivity contribution in [3.05, 3.63) is 0 Å². The Hall–Kier alpha value is -1.80. The molecule has 2 heterocycles. The minimum absolute atomic E-state index is 0.149. The van der Waals surface area contributed by atoms with Gasteiger partial charge < -0.3 is 15.4 Å². The van der Waals surface area contributed by atoms with Gasteiger partial charge in [0.2, 0.25) is 11.9 Å². The number of ether oxygens (including phenoxy) is 1. The lowest BCUT2D eigenvalue weighted by Crippen LogP contribution is -2.23. The van der Waals surface area contributed by atoms with E-state index in [1.807, 2.05) is 4.90 Å². The summed E-state index contributed by atoms with van der Waals surface area (Å²) in [6.07, 6.45) is -2.45. The number of nitrogens with two attached hydrogens (primary N) is 1. The molecule has 1 aliphatic rings. The molecule has 1 fully saturated rings. The van der Waals surface area contributed by atoms with Gasteiger partial charge in [-0.1, -0.05) is 0 Å². The minimum atomic E-state index is -4.44. The number of nitrogens with zero attached hydrogens (tertiary/aromatic N) is 4. The summed E-state index contributed by atoms with van der Waals surface area (Å²) >= 11 is 0. The van der Waals surface area contributed by atoms with Gasteiger partial charge in [0.1, 0.15) is 0 Å². The van der Waals surface area contributed by atoms with E-state index in [9.17, 15) is 13.2 Å². The van der Waals surface area contributed by atoms with Crippen LogP contribution in [-0.2, 0) is 0 Å². The zero-order chi connectivity index (χ0) is 13.2. The van der Waals surface area contributed by atoms with Crippen LogP contribution in [0.4, 0.5) is 25.1 Å². The predicted octanol–water partition coefficient (Wildman–Crippen LogP) is 0.995. The number of nitrogen functional groups attached to an aromatic ring is 1. The number of aromatic nitrogens is 3. The lowest BCUT2D eigenvalue weighted by atomic mass is 10.4. The Kier molecular flexibility index (Phi) is 3.39. The highest BCUT2D eigenvalue weighted by atomic mass is 19.4. The predicted molar refractivity (Wildman–Crippen MR) is 57.2 cm³/mol. The van der Waals surface area contributed by atoms with Crippen molar-refractivity contribution >= 4 is 11.9 Å². The first-order valence-corrected chi connectivity index (χ1v) is 5.40. The lowest BCUT2D eigenvalue weighted by molar-refractivity contribution is -0.154. The van der Waals surface area contributed by atoms with Crippen LogP contribution < -0.4 is 15.4 Å². The fourth-order valence-electron chi connectivity index (χ4n) is 1.63. The van der Waals surface area contributed by atoms with Crippen LogP contribution in [0, 0.1) is 0 Å². The van der Waals surface area contributed by atoms with Crippen molar-refractivity contribution in [1.29, 1.82) is 0 Å². The summed E-state index contributed by atoms with van der Waals surface area (Å²) in [5, 5.41) is 0. The van der Waals surface area contributed by atoms with Gasteiger partial charge >= 0.3 is 12.2 Å². The molecule has 1 aromatic heterocycles. The molecule has 100 valence electrons. The normalized spacial score (nSPS) is 16.1. The highest BCUT2D eigenvalue weighted by molar-refractivity contribution is 5.36. The van der Waals surface area contributed by atoms with Crippen LogP contribution in [-0.4, -0.2) is 40.8 Å². The Morgan fingerprint density at radius 3 is 2.44 bits per heavy atom. The van der Waals surface area contributed by atoms with Gasteiger partial charge in [-0.3, -0.25) is 0 Å². The van der Waals surface area contributed by atoms with Crippen molar-refractivity contribution in [2.24, 2.45) is 0 Å². The Morgan fingerprint density at radius 2 is 1.83 bits per heavy atom. The minimum Gasteiger partial charge on any atom is -0.454 e. The molecule has 0 spiro atoms. The Bertz CT molecular complexity index is 419. The molecule has 1 saturated heterocycles. The zero-order valence-corrected chi connectivity index (χ0v) is 9.44. The molecule has 0 bridgehead atoms. The van der Waals surface area contributed by atoms with Gasteiger partial charge in [0.25, 0.3) is 0 Å². The molecule has 1 aliphatic heterocycles. The monoisotopic (exact) mass is 263 g/mol. The molecule has 2 rings (SSSR count). The number of anilines is 2. The number of rotatable bonds is 3. The first-order chi connectivity index (χ1) is 8.44. The maximum Gasteiger partial charge on any atom is 0.422 e. The van der Waals surface area contributed by atoms with Gasteiger partial charge in [0.05, 0.1) is 0 Å². The second kappa shape index (κ2) is 4.83. The number of alkyl halides is 3. The third-order valence-electron chi connectivity index (χ3n) is 2.37. The summed E-state index contributed by atoms with van der Waals surface area (Å²) in [4.78, 5) is 13.0. The summed E-state index contributed by atoms with van der Waals surface area (Å²) in [7, 11) is 0. The maximum absolute atomic E-state index is 12.0. The second-order valence-electron chi connectivity index (χ2n) is 3.87. The van der Waals surface area contributed by atoms with E-state index in [0.717, 1.165) is 25.9 Å². The van der Waals surface area contributed by atoms with E-state index in [0.29, 0.717) is 0 Å². The fourth-order valence-corrected chi connectivity index (χ4v) is 1.63. The van der Waals surface area contributed by atoms with Crippen molar-refractivity contribution in [3.63, 3.8) is 0 Å². The SMILES string of the molecule is Nc1nc(OCC(F)(F)F)nc(N2CCCC2)n1. The maximum atomic E-state index is 12.0. The summed E-state index contributed by atoms with van der Waals surface area (Å²) in [5.41, 5.74) is 5.42. The molecule has 2 N–H and O–H groups in total. The molecule has 9 heteroatoms. The summed E-state index contributed by atoms with van der Waals surface area (Å²) in [6.45, 7) is 0.0558. The third-order valence-corrected chi connectivity index (χ3v) is 2.37. The molecule has 0 aromatic carbocycles. The van der Waals surface area contributed by atoms with E-state index in [-0.39, 0.29) is 11.9 Å². The molecular weight excluding hydrogens is 251 g/mol. The Balaban J connectivity index is 2.10. The molecule has 1 aromatic rings. The second-order valence-corrected chi connectivity index (χ2v) is 3.87. The van der Waals surface area contributed by atoms with Gasteiger partial charge in [-0.25, -0.2) is 0 Å². The van der Waals surface area contributed by atoms with Crippen LogP contribution in [0.5, 0.6) is 6.01 Å². The van der Waals surface area contributed by atoms with Gasteiger partial charge in [-0.15, -0.1) is 0 Å². The van der Waals surface area contributed by atoms with E-state index >= 15 is 0 Å². The molecule has 6 nitrogen and oxygen atoms in total. The van der Waals surface area contributed by atoms with E-state index in [1.165, 1.54) is 0 Å². The number of halogens is 3. The van der Waals surface area contributed by atoms with Gasteiger partial charge in [-0.2, -0.15) is 28.1 Å². The smallest absolute Gasteiger partial charge is 0.422 e. The average molecular weight is 263 g/mol. The summed E-state index contributed by atoms with van der Waals surface area (Å²) in [6, 6.07) is -0.401. The van der Waals surface area contributed by atoms with Crippen molar-refractivity contribution in [3.8, 4) is 6.01 Å². The van der Waals surface area contributed by atoms with Crippen LogP contribution >= 0.6 is 0 Å². The number of hydrogen-bond acceptors (Lipinski definition) is 6. The first kappa shape index (κ1) is 12.7. The van der Waals surface area contributed by atoms with Crippen molar-refractivity contribution in [2.45, 2.75) is 19.0 Å². The highest BCUT2D eigenvalue weighted by Gasteiger charge is 2.29. The molecule has 18 heavy (non-hydrogen) atoms. The van der Waals surface area contributed by atoms with Crippen LogP contribution in [0.3, 0.4) is 0 Å². The standard InChI is InChI=1S/C9H12F3N5O/c10-9(11,12)5-18-8-15-6(13)14-7(16-8)17-3-1-2-4-17/h1-5H2,(H2,13,14,15,16). The first-order valence-electron chi connectivity index (χ1n) is 5.40. The number of hydrogen-bond donors (Lipinski definition) is 1. The quantitative estimate of drug-likeness (QED) is 0.876. The average Bonchev–Trinajstić information content (AvgIpc) is 2.78. The Morgan fingerprint density at radius 1 is 1.17 bits per heavy atom. The topological polar surface area (TPSA) is 77.2 Å². The molecule has 0 atom stereocenters. The van der Waals surface area contributed by atoms with E-state index < -0.39 is 18.8 Å². The lowest BCUT2D eigenvalue weighted by Gasteiger charge is -2.15. The van der Waals surface area contributed by atoms with E-state index in [1.54, 1.807) is 0 Å². The fraction of sp³-hybridized carbons (Fsp3) is 0.667. The molecule has 0 saturated carbocycles. The Labute approximate surface area is 101 Å². The molecular formula is C9H12F3N5O. The van der Waals surface area contributed by atoms with Crippen molar-refractivity contribution in [2.75, 3.05) is 30.3 Å². The highest BCUT2D eigenvalue weighted by Crippen LogP contribution is 2.20. The summed E-state index contributed by atoms with van der Waals surface area (Å²) < 4.78 is 40.5. The molecule has 0 amide bonds. The van der Waals surface area contributed by atoms with Crippen LogP contribution in [0.2, 0.25) is 0 Å². The third kappa shape index (κ3) is 3.34. The molecule has 0 unspecified atom stereocenters. The summed E-state index contributed by atoms with van der Waals surface area (Å²) in [5.74, 6) is 0.112. The van der Waals surface area contributed by atoms with Crippen LogP contribution in [0.1, 0.15) is 12.8 Å². The van der Waals surface area contributed by atoms with Crippen molar-refractivity contribution < 1.29 is 17.9 Å². The van der Waals surface area contributed by atoms with Crippen LogP contribution in [0.25, 0.3) is 0 Å².